The molecule has 1 aromatic carbocycles. The molecule has 0 bridgehead atoms. The summed E-state index contributed by atoms with van der Waals surface area (Å²) in [4.78, 5) is 24.0. The number of Topliss-reactive ketones (excluding diaryl/α,β-unsaturated/α-hetero) is 1. The quantitative estimate of drug-likeness (QED) is 0.691. The number of hydrogen-bond donors (Lipinski definition) is 3. The van der Waals surface area contributed by atoms with Crippen molar-refractivity contribution in [3.8, 4) is 11.5 Å². The predicted molar refractivity (Wildman–Crippen MR) is 68.2 cm³/mol. The van der Waals surface area contributed by atoms with Crippen molar-refractivity contribution < 1.29 is 24.9 Å². The van der Waals surface area contributed by atoms with E-state index in [1.807, 2.05) is 0 Å². The Morgan fingerprint density at radius 1 is 1.05 bits per heavy atom. The highest BCUT2D eigenvalue weighted by Gasteiger charge is 2.35. The van der Waals surface area contributed by atoms with Crippen LogP contribution in [0.2, 0.25) is 10.0 Å². The summed E-state index contributed by atoms with van der Waals surface area (Å²) in [5.74, 6) is -2.88. The second-order valence-electron chi connectivity index (χ2n) is 4.04. The van der Waals surface area contributed by atoms with E-state index in [1.54, 1.807) is 0 Å². The molecule has 5 nitrogen and oxygen atoms in total. The number of rotatable bonds is 1. The van der Waals surface area contributed by atoms with Gasteiger partial charge in [0.25, 0.3) is 0 Å². The summed E-state index contributed by atoms with van der Waals surface area (Å²) in [6.45, 7) is 1.30. The molecular formula is C12H8Cl2O5. The van der Waals surface area contributed by atoms with Gasteiger partial charge in [0.2, 0.25) is 0 Å². The SMILES string of the molecule is CC(O)C1=CC(=O)c2c(O)c(Cl)c(Cl)c(O)c2C1=O. The molecule has 1 aliphatic carbocycles. The number of aliphatic hydroxyl groups is 1. The molecule has 0 radical (unpaired) electrons. The van der Waals surface area contributed by atoms with Gasteiger partial charge in [0, 0.05) is 5.57 Å². The Kier molecular flexibility index (Phi) is 3.30. The zero-order valence-electron chi connectivity index (χ0n) is 9.57. The van der Waals surface area contributed by atoms with Crippen LogP contribution in [0.5, 0.6) is 11.5 Å². The van der Waals surface area contributed by atoms with Gasteiger partial charge in [-0.3, -0.25) is 9.59 Å². The van der Waals surface area contributed by atoms with E-state index >= 15 is 0 Å². The molecule has 0 saturated carbocycles. The fourth-order valence-corrected chi connectivity index (χ4v) is 2.23. The van der Waals surface area contributed by atoms with Crippen LogP contribution in [-0.4, -0.2) is 33.0 Å². The number of phenols is 2. The zero-order valence-corrected chi connectivity index (χ0v) is 11.1. The van der Waals surface area contributed by atoms with E-state index in [1.165, 1.54) is 6.92 Å². The highest BCUT2D eigenvalue weighted by molar-refractivity contribution is 6.45. The lowest BCUT2D eigenvalue weighted by atomic mass is 9.86. The van der Waals surface area contributed by atoms with E-state index in [0.717, 1.165) is 6.08 Å². The van der Waals surface area contributed by atoms with Crippen LogP contribution in [0.15, 0.2) is 11.6 Å². The van der Waals surface area contributed by atoms with Gasteiger partial charge in [0.05, 0.1) is 17.2 Å². The minimum Gasteiger partial charge on any atom is -0.506 e. The molecule has 100 valence electrons. The molecule has 19 heavy (non-hydrogen) atoms. The normalized spacial score (nSPS) is 16.1. The molecule has 3 N–H and O–H groups in total. The Bertz CT molecular complexity index is 646. The molecule has 1 aromatic rings. The second kappa shape index (κ2) is 4.52. The first-order valence-electron chi connectivity index (χ1n) is 5.19. The fourth-order valence-electron chi connectivity index (χ4n) is 1.86. The van der Waals surface area contributed by atoms with E-state index in [4.69, 9.17) is 23.2 Å². The minimum absolute atomic E-state index is 0.189. The Labute approximate surface area is 117 Å². The molecule has 0 heterocycles. The number of hydrogen-bond acceptors (Lipinski definition) is 5. The van der Waals surface area contributed by atoms with Crippen molar-refractivity contribution in [3.05, 3.63) is 32.8 Å². The first kappa shape index (κ1) is 13.9. The summed E-state index contributed by atoms with van der Waals surface area (Å²) in [7, 11) is 0. The van der Waals surface area contributed by atoms with Crippen LogP contribution in [0.4, 0.5) is 0 Å². The molecule has 0 amide bonds. The Morgan fingerprint density at radius 2 is 1.53 bits per heavy atom. The molecule has 0 aromatic heterocycles. The average Bonchev–Trinajstić information content (AvgIpc) is 2.35. The summed E-state index contributed by atoms with van der Waals surface area (Å²) < 4.78 is 0. The van der Waals surface area contributed by atoms with Crippen LogP contribution < -0.4 is 0 Å². The molecule has 0 aliphatic heterocycles. The molecule has 0 fully saturated rings. The van der Waals surface area contributed by atoms with Gasteiger partial charge in [-0.15, -0.1) is 0 Å². The van der Waals surface area contributed by atoms with Gasteiger partial charge < -0.3 is 15.3 Å². The predicted octanol–water partition coefficient (Wildman–Crippen LogP) is 2.09. The molecule has 0 saturated heterocycles. The molecule has 7 heteroatoms. The summed E-state index contributed by atoms with van der Waals surface area (Å²) in [6.07, 6.45) is -0.292. The van der Waals surface area contributed by atoms with E-state index < -0.39 is 50.3 Å². The third-order valence-corrected chi connectivity index (χ3v) is 3.64. The summed E-state index contributed by atoms with van der Waals surface area (Å²) in [5, 5.41) is 28.2. The molecular weight excluding hydrogens is 295 g/mol. The van der Waals surface area contributed by atoms with Crippen molar-refractivity contribution in [2.75, 3.05) is 0 Å². The molecule has 1 unspecified atom stereocenters. The van der Waals surface area contributed by atoms with Crippen molar-refractivity contribution in [2.45, 2.75) is 13.0 Å². The van der Waals surface area contributed by atoms with Gasteiger partial charge in [0.15, 0.2) is 11.6 Å². The Balaban J connectivity index is 2.84. The number of fused-ring (bicyclic) bond motifs is 1. The van der Waals surface area contributed by atoms with E-state index in [2.05, 4.69) is 0 Å². The highest BCUT2D eigenvalue weighted by Crippen LogP contribution is 2.46. The Hall–Kier alpha value is -1.56. The van der Waals surface area contributed by atoms with Crippen LogP contribution in [0.3, 0.4) is 0 Å². The van der Waals surface area contributed by atoms with Crippen molar-refractivity contribution in [1.82, 2.24) is 0 Å². The zero-order chi connectivity index (χ0) is 14.5. The van der Waals surface area contributed by atoms with Gasteiger partial charge in [-0.1, -0.05) is 23.2 Å². The van der Waals surface area contributed by atoms with E-state index in [-0.39, 0.29) is 5.57 Å². The van der Waals surface area contributed by atoms with Crippen LogP contribution in [0.25, 0.3) is 0 Å². The third kappa shape index (κ3) is 1.90. The van der Waals surface area contributed by atoms with Crippen LogP contribution >= 0.6 is 23.2 Å². The lowest BCUT2D eigenvalue weighted by Gasteiger charge is -2.20. The average molecular weight is 303 g/mol. The van der Waals surface area contributed by atoms with Gasteiger partial charge >= 0.3 is 0 Å². The van der Waals surface area contributed by atoms with E-state index in [9.17, 15) is 24.9 Å². The fraction of sp³-hybridized carbons (Fsp3) is 0.167. The van der Waals surface area contributed by atoms with Gasteiger partial charge in [-0.25, -0.2) is 0 Å². The lowest BCUT2D eigenvalue weighted by Crippen LogP contribution is -2.23. The van der Waals surface area contributed by atoms with Crippen molar-refractivity contribution in [3.63, 3.8) is 0 Å². The van der Waals surface area contributed by atoms with Crippen LogP contribution in [-0.2, 0) is 0 Å². The summed E-state index contributed by atoms with van der Waals surface area (Å²) >= 11 is 11.3. The third-order valence-electron chi connectivity index (χ3n) is 2.80. The summed E-state index contributed by atoms with van der Waals surface area (Å²) in [5.41, 5.74) is -1.05. The number of carbonyl (C=O) groups excluding carboxylic acids is 2. The largest absolute Gasteiger partial charge is 0.506 e. The molecule has 1 atom stereocenters. The maximum atomic E-state index is 12.1. The standard InChI is InChI=1S/C12H8Cl2O5/c1-3(15)4-2-5(16)6-7(10(4)17)12(19)9(14)8(13)11(6)18/h2-3,15,18-19H,1H3. The van der Waals surface area contributed by atoms with Crippen molar-refractivity contribution in [1.29, 1.82) is 0 Å². The topological polar surface area (TPSA) is 94.8 Å². The number of halogens is 2. The maximum Gasteiger partial charge on any atom is 0.196 e. The van der Waals surface area contributed by atoms with E-state index in [0.29, 0.717) is 0 Å². The number of phenolic OH excluding ortho intramolecular Hbond substituents is 2. The number of benzene rings is 1. The van der Waals surface area contributed by atoms with Crippen molar-refractivity contribution in [2.24, 2.45) is 0 Å². The number of carbonyl (C=O) groups is 2. The number of ketones is 2. The first-order chi connectivity index (χ1) is 8.77. The smallest absolute Gasteiger partial charge is 0.196 e. The van der Waals surface area contributed by atoms with Gasteiger partial charge in [0.1, 0.15) is 21.5 Å². The highest BCUT2D eigenvalue weighted by atomic mass is 35.5. The molecule has 0 spiro atoms. The number of aromatic hydroxyl groups is 2. The van der Waals surface area contributed by atoms with Crippen LogP contribution in [0.1, 0.15) is 27.6 Å². The first-order valence-corrected chi connectivity index (χ1v) is 5.94. The Morgan fingerprint density at radius 3 is 2.00 bits per heavy atom. The number of allylic oxidation sites excluding steroid dienone is 1. The maximum absolute atomic E-state index is 12.1. The van der Waals surface area contributed by atoms with Gasteiger partial charge in [-0.05, 0) is 13.0 Å². The van der Waals surface area contributed by atoms with Crippen LogP contribution in [0, 0.1) is 0 Å². The number of aliphatic hydroxyl groups excluding tert-OH is 1. The lowest BCUT2D eigenvalue weighted by molar-refractivity contribution is 0.0949. The molecule has 1 aliphatic rings. The van der Waals surface area contributed by atoms with Gasteiger partial charge in [-0.2, -0.15) is 0 Å². The monoisotopic (exact) mass is 302 g/mol. The summed E-state index contributed by atoms with van der Waals surface area (Å²) in [6, 6.07) is 0. The molecule has 2 rings (SSSR count). The van der Waals surface area contributed by atoms with Crippen molar-refractivity contribution >= 4 is 34.8 Å². The second-order valence-corrected chi connectivity index (χ2v) is 4.80. The minimum atomic E-state index is -1.19.